The molecular weight excluding hydrogens is 454 g/mol. The summed E-state index contributed by atoms with van der Waals surface area (Å²) >= 11 is 0. The zero-order valence-electron chi connectivity index (χ0n) is 20.8. The van der Waals surface area contributed by atoms with Crippen LogP contribution in [0.25, 0.3) is 16.6 Å². The molecule has 184 valence electrons. The predicted molar refractivity (Wildman–Crippen MR) is 141 cm³/mol. The van der Waals surface area contributed by atoms with E-state index in [1.54, 1.807) is 15.6 Å². The van der Waals surface area contributed by atoms with E-state index in [-0.39, 0.29) is 23.3 Å². The molecule has 0 aliphatic carbocycles. The zero-order chi connectivity index (χ0) is 25.4. The second kappa shape index (κ2) is 9.33. The van der Waals surface area contributed by atoms with Crippen LogP contribution in [0.5, 0.6) is 0 Å². The minimum absolute atomic E-state index is 0.244. The molecule has 3 heterocycles. The Morgan fingerprint density at radius 3 is 2.36 bits per heavy atom. The molecule has 0 bridgehead atoms. The van der Waals surface area contributed by atoms with E-state index in [1.807, 2.05) is 72.3 Å². The van der Waals surface area contributed by atoms with Gasteiger partial charge < -0.3 is 9.88 Å². The Bertz CT molecular complexity index is 1610. The van der Waals surface area contributed by atoms with Crippen molar-refractivity contribution in [1.82, 2.24) is 28.5 Å². The molecule has 0 saturated heterocycles. The number of hydrogen-bond donors (Lipinski definition) is 1. The number of nitrogens with one attached hydrogen (secondary N) is 1. The molecule has 1 atom stereocenters. The lowest BCUT2D eigenvalue weighted by Crippen LogP contribution is -2.38. The van der Waals surface area contributed by atoms with Crippen molar-refractivity contribution < 1.29 is 0 Å². The quantitative estimate of drug-likeness (QED) is 0.381. The van der Waals surface area contributed by atoms with Gasteiger partial charge in [0.2, 0.25) is 0 Å². The fourth-order valence-corrected chi connectivity index (χ4v) is 4.62. The molecule has 1 unspecified atom stereocenters. The minimum atomic E-state index is -0.322. The molecule has 36 heavy (non-hydrogen) atoms. The first-order chi connectivity index (χ1) is 17.3. The van der Waals surface area contributed by atoms with Crippen LogP contribution in [0.4, 0.5) is 5.69 Å². The van der Waals surface area contributed by atoms with E-state index >= 15 is 0 Å². The van der Waals surface area contributed by atoms with E-state index in [2.05, 4.69) is 29.2 Å². The summed E-state index contributed by atoms with van der Waals surface area (Å²) in [5, 5.41) is 8.34. The lowest BCUT2D eigenvalue weighted by molar-refractivity contribution is 0.501. The number of rotatable bonds is 7. The van der Waals surface area contributed by atoms with Gasteiger partial charge in [-0.25, -0.2) is 14.5 Å². The Kier molecular flexibility index (Phi) is 6.05. The van der Waals surface area contributed by atoms with Gasteiger partial charge in [0, 0.05) is 31.2 Å². The molecule has 9 nitrogen and oxygen atoms in total. The van der Waals surface area contributed by atoms with E-state index in [0.717, 1.165) is 22.6 Å². The van der Waals surface area contributed by atoms with Gasteiger partial charge in [0.15, 0.2) is 0 Å². The fourth-order valence-electron chi connectivity index (χ4n) is 4.62. The highest BCUT2D eigenvalue weighted by molar-refractivity contribution is 5.81. The first kappa shape index (κ1) is 23.3. The summed E-state index contributed by atoms with van der Waals surface area (Å²) in [6.45, 7) is 6.61. The topological polar surface area (TPSA) is 91.7 Å². The molecule has 0 radical (unpaired) electrons. The van der Waals surface area contributed by atoms with Crippen LogP contribution in [0, 0.1) is 12.8 Å². The third kappa shape index (κ3) is 4.13. The highest BCUT2D eigenvalue weighted by Gasteiger charge is 2.23. The normalized spacial score (nSPS) is 12.4. The Balaban J connectivity index is 1.70. The van der Waals surface area contributed by atoms with E-state index < -0.39 is 0 Å². The average Bonchev–Trinajstić information content (AvgIpc) is 3.53. The van der Waals surface area contributed by atoms with Crippen molar-refractivity contribution in [3.05, 3.63) is 106 Å². The molecule has 2 aromatic carbocycles. The van der Waals surface area contributed by atoms with Gasteiger partial charge in [0.1, 0.15) is 18.8 Å². The maximum atomic E-state index is 13.1. The van der Waals surface area contributed by atoms with Gasteiger partial charge in [0.25, 0.3) is 5.56 Å². The maximum absolute atomic E-state index is 13.1. The van der Waals surface area contributed by atoms with E-state index in [1.165, 1.54) is 17.9 Å². The summed E-state index contributed by atoms with van der Waals surface area (Å²) in [5.74, 6) is 0.244. The number of hydrogen-bond acceptors (Lipinski definition) is 5. The second-order valence-electron chi connectivity index (χ2n) is 9.38. The second-order valence-corrected chi connectivity index (χ2v) is 9.38. The van der Waals surface area contributed by atoms with E-state index in [4.69, 9.17) is 0 Å². The Morgan fingerprint density at radius 1 is 1.00 bits per heavy atom. The molecule has 5 rings (SSSR count). The third-order valence-electron chi connectivity index (χ3n) is 6.37. The number of fused-ring (bicyclic) bond motifs is 1. The van der Waals surface area contributed by atoms with Crippen molar-refractivity contribution >= 4 is 16.6 Å². The lowest BCUT2D eigenvalue weighted by Gasteiger charge is -2.24. The minimum Gasteiger partial charge on any atom is -0.361 e. The van der Waals surface area contributed by atoms with Gasteiger partial charge >= 0.3 is 5.69 Å². The van der Waals surface area contributed by atoms with Crippen LogP contribution < -0.4 is 16.6 Å². The summed E-state index contributed by atoms with van der Waals surface area (Å²) in [6, 6.07) is 17.9. The summed E-state index contributed by atoms with van der Waals surface area (Å²) in [6.07, 6.45) is 4.69. The fraction of sp³-hybridized carbons (Fsp3) is 0.259. The Hall–Kier alpha value is -4.40. The summed E-state index contributed by atoms with van der Waals surface area (Å²) in [5.41, 5.74) is 3.74. The van der Waals surface area contributed by atoms with Crippen molar-refractivity contribution in [2.24, 2.45) is 13.0 Å². The standard InChI is InChI=1S/C27H29N7O2/c1-18(2)14-33-24-19(3)32(15-23(24)26(35)31(4)27(33)36)25(30-21-8-6-5-7-9-21)20-10-12-22(13-11-20)34-17-28-16-29-34/h5-13,15-18,25,30H,14H2,1-4H3. The molecule has 5 aromatic rings. The van der Waals surface area contributed by atoms with Crippen LogP contribution in [0.2, 0.25) is 0 Å². The summed E-state index contributed by atoms with van der Waals surface area (Å²) < 4.78 is 6.66. The highest BCUT2D eigenvalue weighted by Crippen LogP contribution is 2.28. The smallest absolute Gasteiger partial charge is 0.331 e. The van der Waals surface area contributed by atoms with E-state index in [9.17, 15) is 9.59 Å². The molecule has 0 saturated carbocycles. The third-order valence-corrected chi connectivity index (χ3v) is 6.37. The van der Waals surface area contributed by atoms with Crippen molar-refractivity contribution in [2.45, 2.75) is 33.5 Å². The first-order valence-corrected chi connectivity index (χ1v) is 11.9. The van der Waals surface area contributed by atoms with Gasteiger partial charge in [0.05, 0.1) is 16.6 Å². The molecule has 0 aliphatic rings. The predicted octanol–water partition coefficient (Wildman–Crippen LogP) is 3.71. The molecule has 9 heteroatoms. The van der Waals surface area contributed by atoms with Gasteiger partial charge in [-0.1, -0.05) is 44.2 Å². The van der Waals surface area contributed by atoms with Gasteiger partial charge in [-0.05, 0) is 42.7 Å². The van der Waals surface area contributed by atoms with Crippen LogP contribution >= 0.6 is 0 Å². The monoisotopic (exact) mass is 483 g/mol. The Morgan fingerprint density at radius 2 is 1.72 bits per heavy atom. The lowest BCUT2D eigenvalue weighted by atomic mass is 10.1. The van der Waals surface area contributed by atoms with Crippen LogP contribution in [0.1, 0.15) is 31.3 Å². The number of aromatic nitrogens is 6. The molecule has 3 aromatic heterocycles. The van der Waals surface area contributed by atoms with Crippen molar-refractivity contribution in [3.8, 4) is 5.69 Å². The molecule has 1 N–H and O–H groups in total. The highest BCUT2D eigenvalue weighted by atomic mass is 16.2. The van der Waals surface area contributed by atoms with Gasteiger partial charge in [-0.3, -0.25) is 13.9 Å². The van der Waals surface area contributed by atoms with Crippen molar-refractivity contribution in [2.75, 3.05) is 5.32 Å². The first-order valence-electron chi connectivity index (χ1n) is 11.9. The van der Waals surface area contributed by atoms with Crippen LogP contribution in [0.3, 0.4) is 0 Å². The molecule has 0 aliphatic heterocycles. The van der Waals surface area contributed by atoms with E-state index in [0.29, 0.717) is 17.4 Å². The molecule has 0 spiro atoms. The van der Waals surface area contributed by atoms with Crippen molar-refractivity contribution in [3.63, 3.8) is 0 Å². The number of para-hydroxylation sites is 1. The van der Waals surface area contributed by atoms with Gasteiger partial charge in [-0.15, -0.1) is 0 Å². The van der Waals surface area contributed by atoms with Crippen LogP contribution in [0.15, 0.2) is 83.0 Å². The van der Waals surface area contributed by atoms with Crippen LogP contribution in [-0.2, 0) is 13.6 Å². The number of nitrogens with zero attached hydrogens (tertiary/aromatic N) is 6. The molecule has 0 fully saturated rings. The average molecular weight is 484 g/mol. The number of anilines is 1. The summed E-state index contributed by atoms with van der Waals surface area (Å²) in [4.78, 5) is 30.2. The largest absolute Gasteiger partial charge is 0.361 e. The van der Waals surface area contributed by atoms with Gasteiger partial charge in [-0.2, -0.15) is 5.10 Å². The Labute approximate surface area is 208 Å². The van der Waals surface area contributed by atoms with Crippen LogP contribution in [-0.4, -0.2) is 28.5 Å². The summed E-state index contributed by atoms with van der Waals surface area (Å²) in [7, 11) is 1.54. The SMILES string of the molecule is Cc1c2c(cn1C(Nc1ccccc1)c1ccc(-n3cncn3)cc1)c(=O)n(C)c(=O)n2CC(C)C. The van der Waals surface area contributed by atoms with Crippen molar-refractivity contribution in [1.29, 1.82) is 0 Å². The maximum Gasteiger partial charge on any atom is 0.331 e. The molecular formula is C27H29N7O2. The number of aryl methyl sites for hydroxylation is 1. The molecule has 0 amide bonds. The zero-order valence-corrected chi connectivity index (χ0v) is 20.8. The number of benzene rings is 2.